The molecule has 1 aliphatic carbocycles. The van der Waals surface area contributed by atoms with Gasteiger partial charge in [0, 0.05) is 18.3 Å². The van der Waals surface area contributed by atoms with Gasteiger partial charge in [-0.2, -0.15) is 0 Å². The molecule has 1 fully saturated rings. The quantitative estimate of drug-likeness (QED) is 0.749. The SMILES string of the molecule is COc1nccc2c1CC1CNC[C@@H]2C1. The van der Waals surface area contributed by atoms with Crippen molar-refractivity contribution in [1.29, 1.82) is 0 Å². The number of aromatic nitrogens is 1. The fraction of sp³-hybridized carbons (Fsp3) is 0.583. The van der Waals surface area contributed by atoms with Gasteiger partial charge in [0.15, 0.2) is 0 Å². The van der Waals surface area contributed by atoms with E-state index >= 15 is 0 Å². The van der Waals surface area contributed by atoms with E-state index in [2.05, 4.69) is 16.4 Å². The molecule has 2 heterocycles. The van der Waals surface area contributed by atoms with Gasteiger partial charge in [0.1, 0.15) is 0 Å². The first-order chi connectivity index (χ1) is 7.38. The van der Waals surface area contributed by atoms with E-state index in [0.717, 1.165) is 31.3 Å². The van der Waals surface area contributed by atoms with E-state index in [9.17, 15) is 0 Å². The predicted molar refractivity (Wildman–Crippen MR) is 58.2 cm³/mol. The van der Waals surface area contributed by atoms with Crippen LogP contribution in [0.1, 0.15) is 23.5 Å². The van der Waals surface area contributed by atoms with Crippen LogP contribution < -0.4 is 10.1 Å². The molecule has 2 bridgehead atoms. The molecular formula is C12H16N2O. The van der Waals surface area contributed by atoms with Crippen molar-refractivity contribution in [2.24, 2.45) is 5.92 Å². The Morgan fingerprint density at radius 1 is 1.47 bits per heavy atom. The number of pyridine rings is 1. The predicted octanol–water partition coefficient (Wildman–Crippen LogP) is 1.34. The van der Waals surface area contributed by atoms with Crippen molar-refractivity contribution in [2.75, 3.05) is 20.2 Å². The first kappa shape index (κ1) is 9.16. The Labute approximate surface area is 89.9 Å². The monoisotopic (exact) mass is 204 g/mol. The Morgan fingerprint density at radius 2 is 2.40 bits per heavy atom. The van der Waals surface area contributed by atoms with Crippen molar-refractivity contribution in [3.8, 4) is 5.88 Å². The standard InChI is InChI=1S/C12H16N2O/c1-15-12-11-5-8-4-9(7-13-6-8)10(11)2-3-14-12/h2-3,8-9,13H,4-7H2,1H3/t8?,9-/m0/s1. The Hall–Kier alpha value is -1.09. The van der Waals surface area contributed by atoms with Crippen LogP contribution >= 0.6 is 0 Å². The van der Waals surface area contributed by atoms with Crippen molar-refractivity contribution in [2.45, 2.75) is 18.8 Å². The molecule has 2 atom stereocenters. The highest BCUT2D eigenvalue weighted by Gasteiger charge is 2.32. The lowest BCUT2D eigenvalue weighted by Gasteiger charge is -2.36. The smallest absolute Gasteiger partial charge is 0.216 e. The zero-order valence-electron chi connectivity index (χ0n) is 8.99. The van der Waals surface area contributed by atoms with Crippen molar-refractivity contribution in [3.05, 3.63) is 23.4 Å². The summed E-state index contributed by atoms with van der Waals surface area (Å²) >= 11 is 0. The number of methoxy groups -OCH3 is 1. The zero-order valence-corrected chi connectivity index (χ0v) is 8.99. The molecule has 0 saturated carbocycles. The van der Waals surface area contributed by atoms with Gasteiger partial charge >= 0.3 is 0 Å². The van der Waals surface area contributed by atoms with Crippen molar-refractivity contribution < 1.29 is 4.74 Å². The second kappa shape index (κ2) is 3.49. The van der Waals surface area contributed by atoms with Crippen molar-refractivity contribution in [1.82, 2.24) is 10.3 Å². The summed E-state index contributed by atoms with van der Waals surface area (Å²) in [5, 5.41) is 3.50. The van der Waals surface area contributed by atoms with E-state index in [1.807, 2.05) is 6.20 Å². The van der Waals surface area contributed by atoms with E-state index in [0.29, 0.717) is 5.92 Å². The summed E-state index contributed by atoms with van der Waals surface area (Å²) in [6, 6.07) is 2.16. The third-order valence-corrected chi connectivity index (χ3v) is 3.62. The van der Waals surface area contributed by atoms with Crippen LogP contribution in [0.3, 0.4) is 0 Å². The van der Waals surface area contributed by atoms with Crippen LogP contribution in [-0.4, -0.2) is 25.2 Å². The van der Waals surface area contributed by atoms with Gasteiger partial charge < -0.3 is 10.1 Å². The largest absolute Gasteiger partial charge is 0.481 e. The van der Waals surface area contributed by atoms with E-state index in [1.54, 1.807) is 7.11 Å². The maximum atomic E-state index is 5.35. The third kappa shape index (κ3) is 1.42. The Morgan fingerprint density at radius 3 is 3.27 bits per heavy atom. The molecular weight excluding hydrogens is 188 g/mol. The van der Waals surface area contributed by atoms with Gasteiger partial charge in [0.2, 0.25) is 5.88 Å². The summed E-state index contributed by atoms with van der Waals surface area (Å²) in [5.74, 6) is 2.28. The molecule has 80 valence electrons. The molecule has 0 radical (unpaired) electrons. The summed E-state index contributed by atoms with van der Waals surface area (Å²) in [4.78, 5) is 4.30. The highest BCUT2D eigenvalue weighted by molar-refractivity contribution is 5.40. The number of nitrogens with one attached hydrogen (secondary N) is 1. The molecule has 1 N–H and O–H groups in total. The summed E-state index contributed by atoms with van der Waals surface area (Å²) in [6.07, 6.45) is 4.32. The van der Waals surface area contributed by atoms with E-state index in [-0.39, 0.29) is 0 Å². The minimum atomic E-state index is 0.671. The van der Waals surface area contributed by atoms with Gasteiger partial charge in [0.05, 0.1) is 7.11 Å². The van der Waals surface area contributed by atoms with E-state index in [1.165, 1.54) is 17.5 Å². The lowest BCUT2D eigenvalue weighted by atomic mass is 9.75. The first-order valence-corrected chi connectivity index (χ1v) is 5.61. The number of nitrogens with zero attached hydrogens (tertiary/aromatic N) is 1. The van der Waals surface area contributed by atoms with Crippen molar-refractivity contribution in [3.63, 3.8) is 0 Å². The molecule has 1 unspecified atom stereocenters. The summed E-state index contributed by atoms with van der Waals surface area (Å²) in [6.45, 7) is 2.25. The summed E-state index contributed by atoms with van der Waals surface area (Å²) < 4.78 is 5.35. The molecule has 3 nitrogen and oxygen atoms in total. The highest BCUT2D eigenvalue weighted by Crippen LogP contribution is 2.39. The third-order valence-electron chi connectivity index (χ3n) is 3.62. The number of fused-ring (bicyclic) bond motifs is 4. The molecule has 1 aromatic rings. The second-order valence-electron chi connectivity index (χ2n) is 4.55. The van der Waals surface area contributed by atoms with Crippen LogP contribution in [0.5, 0.6) is 5.88 Å². The number of piperidine rings is 1. The normalized spacial score (nSPS) is 28.3. The Bertz CT molecular complexity index is 378. The molecule has 0 spiro atoms. The molecule has 2 aliphatic rings. The minimum Gasteiger partial charge on any atom is -0.481 e. The lowest BCUT2D eigenvalue weighted by molar-refractivity contribution is 0.306. The summed E-state index contributed by atoms with van der Waals surface area (Å²) in [7, 11) is 1.71. The van der Waals surface area contributed by atoms with Crippen LogP contribution in [0.25, 0.3) is 0 Å². The molecule has 3 rings (SSSR count). The van der Waals surface area contributed by atoms with Gasteiger partial charge in [-0.15, -0.1) is 0 Å². The maximum Gasteiger partial charge on any atom is 0.216 e. The number of rotatable bonds is 1. The molecule has 0 aromatic carbocycles. The van der Waals surface area contributed by atoms with Gasteiger partial charge in [-0.05, 0) is 42.9 Å². The maximum absolute atomic E-state index is 5.35. The highest BCUT2D eigenvalue weighted by atomic mass is 16.5. The number of ether oxygens (including phenoxy) is 1. The molecule has 1 aromatic heterocycles. The average molecular weight is 204 g/mol. The molecule has 15 heavy (non-hydrogen) atoms. The van der Waals surface area contributed by atoms with Crippen LogP contribution in [-0.2, 0) is 6.42 Å². The van der Waals surface area contributed by atoms with Gasteiger partial charge in [-0.3, -0.25) is 0 Å². The van der Waals surface area contributed by atoms with Gasteiger partial charge in [-0.1, -0.05) is 0 Å². The van der Waals surface area contributed by atoms with E-state index < -0.39 is 0 Å². The van der Waals surface area contributed by atoms with Gasteiger partial charge in [0.25, 0.3) is 0 Å². The van der Waals surface area contributed by atoms with Crippen molar-refractivity contribution >= 4 is 0 Å². The minimum absolute atomic E-state index is 0.671. The molecule has 3 heteroatoms. The molecule has 1 saturated heterocycles. The number of hydrogen-bond donors (Lipinski definition) is 1. The summed E-state index contributed by atoms with van der Waals surface area (Å²) in [5.41, 5.74) is 2.80. The molecule has 0 amide bonds. The van der Waals surface area contributed by atoms with Crippen LogP contribution in [0.15, 0.2) is 12.3 Å². The van der Waals surface area contributed by atoms with Gasteiger partial charge in [-0.25, -0.2) is 4.98 Å². The fourth-order valence-corrected chi connectivity index (χ4v) is 2.96. The topological polar surface area (TPSA) is 34.1 Å². The second-order valence-corrected chi connectivity index (χ2v) is 4.55. The first-order valence-electron chi connectivity index (χ1n) is 5.61. The number of hydrogen-bond acceptors (Lipinski definition) is 3. The Kier molecular flexibility index (Phi) is 2.13. The van der Waals surface area contributed by atoms with E-state index in [4.69, 9.17) is 4.74 Å². The zero-order chi connectivity index (χ0) is 10.3. The van der Waals surface area contributed by atoms with Crippen LogP contribution in [0, 0.1) is 5.92 Å². The van der Waals surface area contributed by atoms with Crippen LogP contribution in [0.2, 0.25) is 0 Å². The lowest BCUT2D eigenvalue weighted by Crippen LogP contribution is -2.39. The Balaban J connectivity index is 2.08. The average Bonchev–Trinajstić information content (AvgIpc) is 2.29. The fourth-order valence-electron chi connectivity index (χ4n) is 2.96. The van der Waals surface area contributed by atoms with Crippen LogP contribution in [0.4, 0.5) is 0 Å². The molecule has 1 aliphatic heterocycles.